The molecule has 1 aliphatic carbocycles. The number of rotatable bonds is 7. The van der Waals surface area contributed by atoms with Gasteiger partial charge in [-0.2, -0.15) is 0 Å². The molecular weight excluding hydrogens is 436 g/mol. The Morgan fingerprint density at radius 1 is 1.09 bits per heavy atom. The van der Waals surface area contributed by atoms with Crippen molar-refractivity contribution in [3.05, 3.63) is 29.3 Å². The van der Waals surface area contributed by atoms with E-state index in [4.69, 9.17) is 4.74 Å². The number of ether oxygens (including phenoxy) is 1. The van der Waals surface area contributed by atoms with Gasteiger partial charge in [0.1, 0.15) is 6.54 Å². The molecule has 0 radical (unpaired) electrons. The van der Waals surface area contributed by atoms with Gasteiger partial charge in [0.2, 0.25) is 21.8 Å². The van der Waals surface area contributed by atoms with Crippen molar-refractivity contribution in [3.8, 4) is 0 Å². The fourth-order valence-corrected chi connectivity index (χ4v) is 5.94. The number of likely N-dealkylation sites (tertiary alicyclic amines) is 1. The molecule has 2 atom stereocenters. The van der Waals surface area contributed by atoms with E-state index in [9.17, 15) is 27.6 Å². The van der Waals surface area contributed by atoms with Gasteiger partial charge in [0.05, 0.1) is 23.3 Å². The summed E-state index contributed by atoms with van der Waals surface area (Å²) < 4.78 is 30.7. The van der Waals surface area contributed by atoms with Crippen molar-refractivity contribution in [1.29, 1.82) is 0 Å². The Hall–Kier alpha value is -2.75. The Morgan fingerprint density at radius 2 is 1.75 bits per heavy atom. The molecule has 172 valence electrons. The second kappa shape index (κ2) is 8.65. The molecule has 2 amide bonds. The minimum atomic E-state index is -3.38. The van der Waals surface area contributed by atoms with Gasteiger partial charge in [0.15, 0.2) is 12.4 Å². The van der Waals surface area contributed by atoms with E-state index in [1.54, 1.807) is 19.1 Å². The predicted molar refractivity (Wildman–Crippen MR) is 114 cm³/mol. The number of Topliss-reactive ketones (excluding diaryl/α,β-unsaturated/α-hetero) is 1. The van der Waals surface area contributed by atoms with Gasteiger partial charge < -0.3 is 4.74 Å². The highest BCUT2D eigenvalue weighted by molar-refractivity contribution is 7.92. The number of fused-ring (bicyclic) bond motifs is 2. The number of carbonyl (C=O) groups is 4. The molecule has 0 spiro atoms. The van der Waals surface area contributed by atoms with E-state index in [1.807, 2.05) is 0 Å². The highest BCUT2D eigenvalue weighted by Crippen LogP contribution is 2.38. The normalized spacial score (nSPS) is 22.7. The van der Waals surface area contributed by atoms with E-state index < -0.39 is 34.9 Å². The van der Waals surface area contributed by atoms with Crippen LogP contribution in [0.15, 0.2) is 18.2 Å². The monoisotopic (exact) mass is 462 g/mol. The lowest BCUT2D eigenvalue weighted by atomic mass is 9.81. The molecule has 2 unspecified atom stereocenters. The Labute approximate surface area is 186 Å². The highest BCUT2D eigenvalue weighted by Gasteiger charge is 2.48. The van der Waals surface area contributed by atoms with Crippen molar-refractivity contribution < 1.29 is 32.3 Å². The van der Waals surface area contributed by atoms with Crippen LogP contribution in [-0.4, -0.2) is 62.3 Å². The predicted octanol–water partition coefficient (Wildman–Crippen LogP) is 1.30. The summed E-state index contributed by atoms with van der Waals surface area (Å²) in [6.45, 7) is 0.915. The number of amides is 2. The zero-order valence-corrected chi connectivity index (χ0v) is 18.7. The number of ketones is 1. The zero-order chi connectivity index (χ0) is 23.0. The molecule has 4 rings (SSSR count). The molecule has 2 aliphatic heterocycles. The lowest BCUT2D eigenvalue weighted by molar-refractivity contribution is -0.152. The van der Waals surface area contributed by atoms with Crippen molar-refractivity contribution in [2.24, 2.45) is 11.8 Å². The number of imide groups is 1. The summed E-state index contributed by atoms with van der Waals surface area (Å²) in [7, 11) is -3.38. The maximum absolute atomic E-state index is 12.5. The maximum Gasteiger partial charge on any atom is 0.326 e. The van der Waals surface area contributed by atoms with Crippen LogP contribution in [0, 0.1) is 11.8 Å². The van der Waals surface area contributed by atoms with Crippen LogP contribution < -0.4 is 4.31 Å². The Balaban J connectivity index is 1.35. The number of carbonyl (C=O) groups excluding carboxylic acids is 4. The van der Waals surface area contributed by atoms with Gasteiger partial charge in [0, 0.05) is 12.1 Å². The fourth-order valence-electron chi connectivity index (χ4n) is 4.78. The third-order valence-corrected chi connectivity index (χ3v) is 8.32. The molecule has 32 heavy (non-hydrogen) atoms. The molecule has 9 nitrogen and oxygen atoms in total. The van der Waals surface area contributed by atoms with Crippen LogP contribution in [0.1, 0.15) is 48.5 Å². The molecule has 1 aromatic carbocycles. The molecule has 0 aromatic heterocycles. The van der Waals surface area contributed by atoms with Crippen molar-refractivity contribution in [1.82, 2.24) is 4.90 Å². The minimum Gasteiger partial charge on any atom is -0.456 e. The molecule has 1 saturated carbocycles. The number of benzene rings is 1. The molecule has 1 aromatic rings. The molecule has 3 aliphatic rings. The van der Waals surface area contributed by atoms with Crippen molar-refractivity contribution in [2.45, 2.75) is 39.0 Å². The summed E-state index contributed by atoms with van der Waals surface area (Å²) in [6, 6.07) is 4.72. The van der Waals surface area contributed by atoms with E-state index in [2.05, 4.69) is 0 Å². The van der Waals surface area contributed by atoms with Crippen LogP contribution in [0.5, 0.6) is 0 Å². The molecule has 10 heteroatoms. The molecule has 0 N–H and O–H groups in total. The van der Waals surface area contributed by atoms with Gasteiger partial charge in [0.25, 0.3) is 0 Å². The molecular formula is C22H26N2O7S. The van der Waals surface area contributed by atoms with Crippen LogP contribution >= 0.6 is 0 Å². The molecule has 1 saturated heterocycles. The first-order valence-corrected chi connectivity index (χ1v) is 12.5. The van der Waals surface area contributed by atoms with Gasteiger partial charge in [-0.1, -0.05) is 12.8 Å². The van der Waals surface area contributed by atoms with Gasteiger partial charge in [-0.3, -0.25) is 28.4 Å². The quantitative estimate of drug-likeness (QED) is 0.340. The number of anilines is 1. The SMILES string of the molecule is CCS(=O)(=O)N1CCc2cc(C(=O)COC(=O)CN3C(=O)C4CCCCC4C3=O)ccc21. The largest absolute Gasteiger partial charge is 0.456 e. The lowest BCUT2D eigenvalue weighted by Gasteiger charge is -2.19. The number of hydrogen-bond acceptors (Lipinski definition) is 7. The van der Waals surface area contributed by atoms with E-state index in [1.165, 1.54) is 10.4 Å². The Morgan fingerprint density at radius 3 is 2.38 bits per heavy atom. The van der Waals surface area contributed by atoms with E-state index >= 15 is 0 Å². The van der Waals surface area contributed by atoms with Crippen molar-refractivity contribution in [2.75, 3.05) is 29.8 Å². The van der Waals surface area contributed by atoms with Crippen molar-refractivity contribution in [3.63, 3.8) is 0 Å². The number of esters is 1. The Kier molecular flexibility index (Phi) is 6.07. The zero-order valence-electron chi connectivity index (χ0n) is 17.9. The number of sulfonamides is 1. The summed E-state index contributed by atoms with van der Waals surface area (Å²) in [6.07, 6.45) is 3.62. The fraction of sp³-hybridized carbons (Fsp3) is 0.545. The molecule has 2 heterocycles. The van der Waals surface area contributed by atoms with E-state index in [0.29, 0.717) is 37.1 Å². The highest BCUT2D eigenvalue weighted by atomic mass is 32.2. The third-order valence-electron chi connectivity index (χ3n) is 6.54. The smallest absolute Gasteiger partial charge is 0.326 e. The summed E-state index contributed by atoms with van der Waals surface area (Å²) in [4.78, 5) is 50.6. The van der Waals surface area contributed by atoms with Crippen LogP contribution in [0.3, 0.4) is 0 Å². The second-order valence-corrected chi connectivity index (χ2v) is 10.6. The van der Waals surface area contributed by atoms with Gasteiger partial charge in [-0.15, -0.1) is 0 Å². The van der Waals surface area contributed by atoms with Crippen LogP contribution in [0.4, 0.5) is 5.69 Å². The molecule has 0 bridgehead atoms. The summed E-state index contributed by atoms with van der Waals surface area (Å²) in [5, 5.41) is 0. The van der Waals surface area contributed by atoms with Crippen LogP contribution in [0.25, 0.3) is 0 Å². The maximum atomic E-state index is 12.5. The number of hydrogen-bond donors (Lipinski definition) is 0. The lowest BCUT2D eigenvalue weighted by Crippen LogP contribution is -2.37. The standard InChI is InChI=1S/C22H26N2O7S/c1-2-32(29,30)24-10-9-14-11-15(7-8-18(14)24)19(25)13-31-20(26)12-23-21(27)16-5-3-4-6-17(16)22(23)28/h7-8,11,16-17H,2-6,9-10,12-13H2,1H3. The van der Waals surface area contributed by atoms with E-state index in [-0.39, 0.29) is 29.4 Å². The van der Waals surface area contributed by atoms with E-state index in [0.717, 1.165) is 23.3 Å². The van der Waals surface area contributed by atoms with Gasteiger partial charge >= 0.3 is 5.97 Å². The minimum absolute atomic E-state index is 0.00735. The third kappa shape index (κ3) is 4.03. The van der Waals surface area contributed by atoms with Crippen molar-refractivity contribution >= 4 is 39.3 Å². The summed E-state index contributed by atoms with van der Waals surface area (Å²) in [5.74, 6) is -2.58. The topological polar surface area (TPSA) is 118 Å². The summed E-state index contributed by atoms with van der Waals surface area (Å²) >= 11 is 0. The Bertz CT molecular complexity index is 1060. The van der Waals surface area contributed by atoms with Crippen LogP contribution in [-0.2, 0) is 35.6 Å². The van der Waals surface area contributed by atoms with Crippen LogP contribution in [0.2, 0.25) is 0 Å². The number of nitrogens with zero attached hydrogens (tertiary/aromatic N) is 2. The first-order chi connectivity index (χ1) is 15.2. The molecule has 2 fully saturated rings. The average Bonchev–Trinajstić information content (AvgIpc) is 3.33. The first-order valence-electron chi connectivity index (χ1n) is 10.9. The summed E-state index contributed by atoms with van der Waals surface area (Å²) in [5.41, 5.74) is 1.62. The second-order valence-electron chi connectivity index (χ2n) is 8.41. The average molecular weight is 463 g/mol. The first kappa shape index (κ1) is 22.4. The van der Waals surface area contributed by atoms with Gasteiger partial charge in [-0.25, -0.2) is 8.42 Å². The van der Waals surface area contributed by atoms with Gasteiger partial charge in [-0.05, 0) is 49.9 Å².